The Morgan fingerprint density at radius 2 is 1.85 bits per heavy atom. The van der Waals surface area contributed by atoms with Crippen LogP contribution in [0.1, 0.15) is 55.6 Å². The van der Waals surface area contributed by atoms with Gasteiger partial charge in [-0.25, -0.2) is 0 Å². The topological polar surface area (TPSA) is 23.8 Å². The summed E-state index contributed by atoms with van der Waals surface area (Å²) in [6.07, 6.45) is 10.8. The number of nitriles is 1. The number of benzene rings is 1. The van der Waals surface area contributed by atoms with Gasteiger partial charge in [0.2, 0.25) is 0 Å². The van der Waals surface area contributed by atoms with E-state index in [1.54, 1.807) is 0 Å². The van der Waals surface area contributed by atoms with Crippen molar-refractivity contribution in [3.63, 3.8) is 0 Å². The Bertz CT molecular complexity index is 461. The fourth-order valence-corrected chi connectivity index (χ4v) is 2.96. The first-order chi connectivity index (χ1) is 9.83. The number of unbranched alkanes of at least 4 members (excludes halogenated alkanes) is 1. The molecule has 0 amide bonds. The number of rotatable bonds is 5. The first kappa shape index (κ1) is 14.8. The molecule has 0 atom stereocenters. The van der Waals surface area contributed by atoms with Gasteiger partial charge in [0.1, 0.15) is 0 Å². The van der Waals surface area contributed by atoms with Gasteiger partial charge in [-0.15, -0.1) is 0 Å². The van der Waals surface area contributed by atoms with Crippen LogP contribution in [0.25, 0.3) is 0 Å². The third-order valence-electron chi connectivity index (χ3n) is 4.20. The maximum atomic E-state index is 12.0. The molecule has 0 radical (unpaired) electrons. The average molecular weight is 271 g/mol. The van der Waals surface area contributed by atoms with Gasteiger partial charge in [0, 0.05) is 0 Å². The monoisotopic (exact) mass is 271 g/mol. The molecule has 1 aliphatic rings. The summed E-state index contributed by atoms with van der Waals surface area (Å²) in [7, 11) is 0. The van der Waals surface area contributed by atoms with Crippen LogP contribution < -0.4 is 0 Å². The normalized spacial score (nSPS) is 22.8. The lowest BCUT2D eigenvalue weighted by atomic mass is 9.78. The summed E-state index contributed by atoms with van der Waals surface area (Å²) < 4.78 is 12.0. The van der Waals surface area contributed by atoms with Crippen molar-refractivity contribution in [1.82, 2.24) is 0 Å². The van der Waals surface area contributed by atoms with E-state index in [0.717, 1.165) is 12.0 Å². The zero-order chi connectivity index (χ0) is 14.2. The Morgan fingerprint density at radius 3 is 2.45 bits per heavy atom. The van der Waals surface area contributed by atoms with E-state index < -0.39 is 0 Å². The average Bonchev–Trinajstić information content (AvgIpc) is 2.52. The summed E-state index contributed by atoms with van der Waals surface area (Å²) in [6, 6.07) is 10.2. The molecule has 1 fully saturated rings. The maximum absolute atomic E-state index is 12.0. The van der Waals surface area contributed by atoms with Gasteiger partial charge < -0.3 is 0 Å². The van der Waals surface area contributed by atoms with Crippen molar-refractivity contribution in [2.75, 3.05) is 6.67 Å². The molecule has 0 aliphatic heterocycles. The number of hydrogen-bond acceptors (Lipinski definition) is 1. The third-order valence-corrected chi connectivity index (χ3v) is 4.20. The summed E-state index contributed by atoms with van der Waals surface area (Å²) in [5.74, 6) is 1.31. The van der Waals surface area contributed by atoms with Crippen LogP contribution in [0.4, 0.5) is 4.39 Å². The summed E-state index contributed by atoms with van der Waals surface area (Å²) in [5.41, 5.74) is 2.10. The van der Waals surface area contributed by atoms with E-state index >= 15 is 0 Å². The lowest BCUT2D eigenvalue weighted by Crippen LogP contribution is -2.11. The smallest absolute Gasteiger partial charge is 0.0991 e. The molecule has 1 nitrogen and oxygen atoms in total. The van der Waals surface area contributed by atoms with Crippen LogP contribution in [0.2, 0.25) is 0 Å². The summed E-state index contributed by atoms with van der Waals surface area (Å²) >= 11 is 0. The zero-order valence-corrected chi connectivity index (χ0v) is 11.9. The van der Waals surface area contributed by atoms with Gasteiger partial charge in [-0.2, -0.15) is 5.26 Å². The van der Waals surface area contributed by atoms with Crippen LogP contribution >= 0.6 is 0 Å². The van der Waals surface area contributed by atoms with Gasteiger partial charge in [-0.1, -0.05) is 24.3 Å². The van der Waals surface area contributed by atoms with Crippen LogP contribution in [0.5, 0.6) is 0 Å². The third kappa shape index (κ3) is 4.20. The Hall–Kier alpha value is -1.62. The highest BCUT2D eigenvalue weighted by Crippen LogP contribution is 2.36. The minimum absolute atomic E-state index is 0.213. The molecule has 2 rings (SSSR count). The predicted molar refractivity (Wildman–Crippen MR) is 80.2 cm³/mol. The molecule has 0 unspecified atom stereocenters. The van der Waals surface area contributed by atoms with Crippen LogP contribution in [0.3, 0.4) is 0 Å². The highest BCUT2D eigenvalue weighted by Gasteiger charge is 2.20. The van der Waals surface area contributed by atoms with Crippen molar-refractivity contribution in [3.05, 3.63) is 47.5 Å². The van der Waals surface area contributed by atoms with E-state index in [2.05, 4.69) is 30.4 Å². The predicted octanol–water partition coefficient (Wildman–Crippen LogP) is 5.14. The second-order valence-electron chi connectivity index (χ2n) is 5.60. The zero-order valence-electron chi connectivity index (χ0n) is 11.9. The van der Waals surface area contributed by atoms with Crippen LogP contribution in [0.15, 0.2) is 36.4 Å². The standard InChI is InChI=1S/C18H22FN/c19-13-3-1-2-4-15-5-9-17(10-6-15)18-11-7-16(14-20)8-12-18/h2,4,7-8,11-12,15,17H,1,3,5-6,9-10,13H2/b4-2+/t15-,17-. The number of alkyl halides is 1. The van der Waals surface area contributed by atoms with Gasteiger partial charge >= 0.3 is 0 Å². The number of allylic oxidation sites excluding steroid dienone is 2. The van der Waals surface area contributed by atoms with E-state index in [1.807, 2.05) is 12.1 Å². The van der Waals surface area contributed by atoms with E-state index in [9.17, 15) is 4.39 Å². The van der Waals surface area contributed by atoms with Crippen molar-refractivity contribution in [3.8, 4) is 6.07 Å². The Morgan fingerprint density at radius 1 is 1.15 bits per heavy atom. The fraction of sp³-hybridized carbons (Fsp3) is 0.500. The highest BCUT2D eigenvalue weighted by molar-refractivity contribution is 5.33. The largest absolute Gasteiger partial charge is 0.251 e. The number of halogens is 1. The molecule has 0 saturated heterocycles. The van der Waals surface area contributed by atoms with E-state index in [0.29, 0.717) is 18.3 Å². The van der Waals surface area contributed by atoms with Crippen molar-refractivity contribution < 1.29 is 4.39 Å². The molecule has 1 aromatic carbocycles. The second kappa shape index (κ2) is 7.85. The Balaban J connectivity index is 1.81. The first-order valence-corrected chi connectivity index (χ1v) is 7.56. The minimum atomic E-state index is -0.213. The maximum Gasteiger partial charge on any atom is 0.0991 e. The SMILES string of the molecule is N#Cc1ccc([C@H]2CC[C@H](/C=C/CCCF)CC2)cc1. The summed E-state index contributed by atoms with van der Waals surface area (Å²) in [5, 5.41) is 8.81. The molecule has 0 spiro atoms. The molecule has 1 aliphatic carbocycles. The number of nitrogens with zero attached hydrogens (tertiary/aromatic N) is 1. The van der Waals surface area contributed by atoms with Crippen molar-refractivity contribution in [1.29, 1.82) is 5.26 Å². The minimum Gasteiger partial charge on any atom is -0.251 e. The highest BCUT2D eigenvalue weighted by atomic mass is 19.1. The molecule has 1 saturated carbocycles. The van der Waals surface area contributed by atoms with Gasteiger partial charge in [-0.05, 0) is 68.1 Å². The summed E-state index contributed by atoms with van der Waals surface area (Å²) in [4.78, 5) is 0. The Labute approximate surface area is 121 Å². The Kier molecular flexibility index (Phi) is 5.80. The quantitative estimate of drug-likeness (QED) is 0.537. The van der Waals surface area contributed by atoms with E-state index in [1.165, 1.54) is 31.2 Å². The molecule has 2 heteroatoms. The molecular formula is C18H22FN. The lowest BCUT2D eigenvalue weighted by molar-refractivity contribution is 0.375. The molecule has 20 heavy (non-hydrogen) atoms. The van der Waals surface area contributed by atoms with Gasteiger partial charge in [0.25, 0.3) is 0 Å². The van der Waals surface area contributed by atoms with Crippen molar-refractivity contribution >= 4 is 0 Å². The number of hydrogen-bond donors (Lipinski definition) is 0. The molecule has 0 bridgehead atoms. The van der Waals surface area contributed by atoms with Gasteiger partial charge in [0.15, 0.2) is 0 Å². The van der Waals surface area contributed by atoms with Crippen LogP contribution in [-0.2, 0) is 0 Å². The molecule has 1 aromatic rings. The first-order valence-electron chi connectivity index (χ1n) is 7.56. The second-order valence-corrected chi connectivity index (χ2v) is 5.60. The van der Waals surface area contributed by atoms with E-state index in [4.69, 9.17) is 5.26 Å². The summed E-state index contributed by atoms with van der Waals surface area (Å²) in [6.45, 7) is -0.213. The fourth-order valence-electron chi connectivity index (χ4n) is 2.96. The molecular weight excluding hydrogens is 249 g/mol. The van der Waals surface area contributed by atoms with Crippen molar-refractivity contribution in [2.24, 2.45) is 5.92 Å². The van der Waals surface area contributed by atoms with Gasteiger partial charge in [0.05, 0.1) is 18.3 Å². The molecule has 0 aromatic heterocycles. The molecule has 0 N–H and O–H groups in total. The van der Waals surface area contributed by atoms with Gasteiger partial charge in [-0.3, -0.25) is 4.39 Å². The van der Waals surface area contributed by atoms with E-state index in [-0.39, 0.29) is 6.67 Å². The van der Waals surface area contributed by atoms with Crippen LogP contribution in [-0.4, -0.2) is 6.67 Å². The lowest BCUT2D eigenvalue weighted by Gasteiger charge is -2.27. The van der Waals surface area contributed by atoms with Crippen LogP contribution in [0, 0.1) is 17.2 Å². The molecule has 106 valence electrons. The molecule has 0 heterocycles. The van der Waals surface area contributed by atoms with Crippen molar-refractivity contribution in [2.45, 2.75) is 44.4 Å².